The predicted octanol–water partition coefficient (Wildman–Crippen LogP) is 3.95. The molecule has 1 atom stereocenters. The first-order valence-electron chi connectivity index (χ1n) is 11.0. The minimum absolute atomic E-state index is 0.189. The summed E-state index contributed by atoms with van der Waals surface area (Å²) in [4.78, 5) is 16.9. The van der Waals surface area contributed by atoms with E-state index in [2.05, 4.69) is 11.4 Å². The van der Waals surface area contributed by atoms with Crippen LogP contribution < -0.4 is 0 Å². The fourth-order valence-electron chi connectivity index (χ4n) is 4.23. The van der Waals surface area contributed by atoms with Crippen LogP contribution in [0.25, 0.3) is 0 Å². The monoisotopic (exact) mass is 484 g/mol. The molecule has 2 heterocycles. The molecule has 6 nitrogen and oxygen atoms in total. The normalized spacial score (nSPS) is 16.1. The Balaban J connectivity index is 1.63. The van der Waals surface area contributed by atoms with Crippen LogP contribution in [0.5, 0.6) is 0 Å². The van der Waals surface area contributed by atoms with E-state index in [4.69, 9.17) is 4.74 Å². The van der Waals surface area contributed by atoms with Crippen molar-refractivity contribution in [1.82, 2.24) is 9.21 Å². The van der Waals surface area contributed by atoms with Crippen LogP contribution in [0, 0.1) is 0 Å². The van der Waals surface area contributed by atoms with Crippen molar-refractivity contribution in [3.05, 3.63) is 88.1 Å². The highest BCUT2D eigenvalue weighted by atomic mass is 32.2. The van der Waals surface area contributed by atoms with Gasteiger partial charge in [0.25, 0.3) is 0 Å². The maximum atomic E-state index is 13.6. The molecule has 4 rings (SSSR count). The molecule has 0 N–H and O–H groups in total. The zero-order valence-electron chi connectivity index (χ0n) is 18.6. The first-order chi connectivity index (χ1) is 16.0. The van der Waals surface area contributed by atoms with Gasteiger partial charge in [-0.2, -0.15) is 4.31 Å². The molecule has 0 fully saturated rings. The molecule has 174 valence electrons. The van der Waals surface area contributed by atoms with Crippen molar-refractivity contribution in [2.24, 2.45) is 0 Å². The number of hydrogen-bond acceptors (Lipinski definition) is 5. The molecule has 0 bridgehead atoms. The average molecular weight is 485 g/mol. The maximum Gasteiger partial charge on any atom is 0.243 e. The number of nitrogens with zero attached hydrogens (tertiary/aromatic N) is 2. The molecule has 0 aliphatic carbocycles. The molecule has 8 heteroatoms. The second-order valence-electron chi connectivity index (χ2n) is 7.95. The highest BCUT2D eigenvalue weighted by molar-refractivity contribution is 7.89. The summed E-state index contributed by atoms with van der Waals surface area (Å²) in [6.45, 7) is 0.987. The summed E-state index contributed by atoms with van der Waals surface area (Å²) >= 11 is 1.71. The number of amides is 1. The molecular formula is C25H28N2O4S2. The van der Waals surface area contributed by atoms with Crippen LogP contribution >= 0.6 is 11.3 Å². The summed E-state index contributed by atoms with van der Waals surface area (Å²) < 4.78 is 33.1. The van der Waals surface area contributed by atoms with Gasteiger partial charge in [-0.05, 0) is 47.5 Å². The Labute approximate surface area is 199 Å². The summed E-state index contributed by atoms with van der Waals surface area (Å²) in [7, 11) is -2.23. The molecule has 0 saturated heterocycles. The molecule has 1 unspecified atom stereocenters. The molecule has 1 amide bonds. The third-order valence-electron chi connectivity index (χ3n) is 5.85. The lowest BCUT2D eigenvalue weighted by molar-refractivity contribution is -0.133. The molecule has 33 heavy (non-hydrogen) atoms. The molecule has 2 aromatic carbocycles. The van der Waals surface area contributed by atoms with Gasteiger partial charge in [0.05, 0.1) is 17.5 Å². The standard InChI is InChI=1S/C25H28N2O4S2/c1-31-17-8-15-26(33(29,30)21-11-6-3-7-12-21)19-24(28)27-16-13-23-22(14-18-32-23)25(27)20-9-4-2-5-10-20/h2-7,9-12,14,18,25H,8,13,15-17,19H2,1H3. The molecule has 0 saturated carbocycles. The van der Waals surface area contributed by atoms with E-state index >= 15 is 0 Å². The second kappa shape index (κ2) is 10.6. The summed E-state index contributed by atoms with van der Waals surface area (Å²) in [6, 6.07) is 20.1. The number of carbonyl (C=O) groups is 1. The Morgan fingerprint density at radius 3 is 2.48 bits per heavy atom. The molecule has 0 radical (unpaired) electrons. The minimum atomic E-state index is -3.81. The number of thiophene rings is 1. The minimum Gasteiger partial charge on any atom is -0.385 e. The van der Waals surface area contributed by atoms with Gasteiger partial charge in [0, 0.05) is 31.7 Å². The van der Waals surface area contributed by atoms with Gasteiger partial charge in [0.15, 0.2) is 0 Å². The Hall–Kier alpha value is -2.52. The van der Waals surface area contributed by atoms with E-state index in [0.29, 0.717) is 19.6 Å². The zero-order chi connectivity index (χ0) is 23.3. The van der Waals surface area contributed by atoms with E-state index in [9.17, 15) is 13.2 Å². The molecule has 1 aromatic heterocycles. The Kier molecular flexibility index (Phi) is 7.60. The number of rotatable bonds is 9. The molecule has 0 spiro atoms. The van der Waals surface area contributed by atoms with Crippen LogP contribution in [0.15, 0.2) is 77.0 Å². The number of sulfonamides is 1. The van der Waals surface area contributed by atoms with Gasteiger partial charge in [-0.3, -0.25) is 4.79 Å². The molecular weight excluding hydrogens is 456 g/mol. The number of carbonyl (C=O) groups excluding carboxylic acids is 1. The molecule has 3 aromatic rings. The van der Waals surface area contributed by atoms with Gasteiger partial charge in [-0.15, -0.1) is 11.3 Å². The smallest absolute Gasteiger partial charge is 0.243 e. The fraction of sp³-hybridized carbons (Fsp3) is 0.320. The van der Waals surface area contributed by atoms with Gasteiger partial charge in [-0.1, -0.05) is 48.5 Å². The van der Waals surface area contributed by atoms with E-state index in [1.165, 1.54) is 9.18 Å². The largest absolute Gasteiger partial charge is 0.385 e. The SMILES string of the molecule is COCCCN(CC(=O)N1CCc2sccc2C1c1ccccc1)S(=O)(=O)c1ccccc1. The number of benzene rings is 2. The highest BCUT2D eigenvalue weighted by Crippen LogP contribution is 2.37. The van der Waals surface area contributed by atoms with E-state index in [1.54, 1.807) is 48.8 Å². The summed E-state index contributed by atoms with van der Waals surface area (Å²) in [5, 5.41) is 2.06. The molecule has 1 aliphatic heterocycles. The lowest BCUT2D eigenvalue weighted by Crippen LogP contribution is -2.47. The van der Waals surface area contributed by atoms with Crippen LogP contribution in [0.2, 0.25) is 0 Å². The van der Waals surface area contributed by atoms with Crippen molar-refractivity contribution < 1.29 is 17.9 Å². The van der Waals surface area contributed by atoms with Crippen LogP contribution in [0.1, 0.15) is 28.5 Å². The first-order valence-corrected chi connectivity index (χ1v) is 13.3. The van der Waals surface area contributed by atoms with Gasteiger partial charge < -0.3 is 9.64 Å². The summed E-state index contributed by atoms with van der Waals surface area (Å²) in [6.07, 6.45) is 1.28. The number of fused-ring (bicyclic) bond motifs is 1. The van der Waals surface area contributed by atoms with Crippen LogP contribution in [0.4, 0.5) is 0 Å². The third-order valence-corrected chi connectivity index (χ3v) is 8.71. The van der Waals surface area contributed by atoms with E-state index in [0.717, 1.165) is 17.5 Å². The quantitative estimate of drug-likeness (QED) is 0.432. The average Bonchev–Trinajstić information content (AvgIpc) is 3.33. The number of methoxy groups -OCH3 is 1. The lowest BCUT2D eigenvalue weighted by Gasteiger charge is -2.37. The van der Waals surface area contributed by atoms with Crippen molar-refractivity contribution in [2.75, 3.05) is 33.4 Å². The lowest BCUT2D eigenvalue weighted by atomic mass is 9.93. The second-order valence-corrected chi connectivity index (χ2v) is 10.9. The van der Waals surface area contributed by atoms with Crippen molar-refractivity contribution in [3.8, 4) is 0 Å². The van der Waals surface area contributed by atoms with Crippen molar-refractivity contribution in [3.63, 3.8) is 0 Å². The van der Waals surface area contributed by atoms with Crippen LogP contribution in [0.3, 0.4) is 0 Å². The van der Waals surface area contributed by atoms with Gasteiger partial charge >= 0.3 is 0 Å². The van der Waals surface area contributed by atoms with Gasteiger partial charge in [0.1, 0.15) is 0 Å². The molecule has 1 aliphatic rings. The van der Waals surface area contributed by atoms with E-state index in [-0.39, 0.29) is 29.9 Å². The maximum absolute atomic E-state index is 13.6. The highest BCUT2D eigenvalue weighted by Gasteiger charge is 2.35. The number of ether oxygens (including phenoxy) is 1. The third kappa shape index (κ3) is 5.19. The van der Waals surface area contributed by atoms with Gasteiger partial charge in [0.2, 0.25) is 15.9 Å². The van der Waals surface area contributed by atoms with Crippen molar-refractivity contribution in [2.45, 2.75) is 23.8 Å². The number of hydrogen-bond donors (Lipinski definition) is 0. The van der Waals surface area contributed by atoms with Crippen molar-refractivity contribution in [1.29, 1.82) is 0 Å². The first kappa shape index (κ1) is 23.6. The topological polar surface area (TPSA) is 66.9 Å². The van der Waals surface area contributed by atoms with Crippen LogP contribution in [-0.2, 0) is 26.0 Å². The summed E-state index contributed by atoms with van der Waals surface area (Å²) in [5.41, 5.74) is 2.16. The predicted molar refractivity (Wildman–Crippen MR) is 130 cm³/mol. The van der Waals surface area contributed by atoms with E-state index < -0.39 is 10.0 Å². The Morgan fingerprint density at radius 2 is 1.79 bits per heavy atom. The summed E-state index contributed by atoms with van der Waals surface area (Å²) in [5.74, 6) is -0.197. The Morgan fingerprint density at radius 1 is 1.09 bits per heavy atom. The van der Waals surface area contributed by atoms with Gasteiger partial charge in [-0.25, -0.2) is 8.42 Å². The fourth-order valence-corrected chi connectivity index (χ4v) is 6.59. The van der Waals surface area contributed by atoms with Crippen LogP contribution in [-0.4, -0.2) is 56.9 Å². The zero-order valence-corrected chi connectivity index (χ0v) is 20.2. The van der Waals surface area contributed by atoms with Crippen molar-refractivity contribution >= 4 is 27.3 Å². The Bertz CT molecular complexity index is 1160. The van der Waals surface area contributed by atoms with E-state index in [1.807, 2.05) is 35.2 Å².